The molecule has 0 saturated carbocycles. The molecule has 0 atom stereocenters. The summed E-state index contributed by atoms with van der Waals surface area (Å²) in [7, 11) is 0. The molecule has 0 radical (unpaired) electrons. The summed E-state index contributed by atoms with van der Waals surface area (Å²) in [5.41, 5.74) is 2.84. The first kappa shape index (κ1) is 17.0. The highest BCUT2D eigenvalue weighted by Crippen LogP contribution is 2.19. The molecule has 4 nitrogen and oxygen atoms in total. The lowest BCUT2D eigenvalue weighted by Crippen LogP contribution is -2.48. The van der Waals surface area contributed by atoms with Gasteiger partial charge in [0.05, 0.1) is 11.1 Å². The van der Waals surface area contributed by atoms with Crippen LogP contribution in [0, 0.1) is 0 Å². The highest BCUT2D eigenvalue weighted by Gasteiger charge is 2.23. The molecule has 0 spiro atoms. The lowest BCUT2D eigenvalue weighted by Gasteiger charge is -2.35. The lowest BCUT2D eigenvalue weighted by molar-refractivity contribution is 0.0630. The van der Waals surface area contributed by atoms with Gasteiger partial charge in [0, 0.05) is 49.3 Å². The number of para-hydroxylation sites is 1. The minimum Gasteiger partial charge on any atom is -0.336 e. The molecule has 0 bridgehead atoms. The Bertz CT molecular complexity index is 913. The van der Waals surface area contributed by atoms with E-state index < -0.39 is 0 Å². The summed E-state index contributed by atoms with van der Waals surface area (Å²) < 4.78 is 0. The van der Waals surface area contributed by atoms with Crippen LogP contribution in [0.25, 0.3) is 10.9 Å². The molecule has 1 amide bonds. The van der Waals surface area contributed by atoms with Crippen LogP contribution in [0.3, 0.4) is 0 Å². The summed E-state index contributed by atoms with van der Waals surface area (Å²) in [5, 5.41) is 1.68. The fourth-order valence-corrected chi connectivity index (χ4v) is 3.54. The molecule has 4 rings (SSSR count). The number of nitrogens with zero attached hydrogens (tertiary/aromatic N) is 3. The van der Waals surface area contributed by atoms with Gasteiger partial charge >= 0.3 is 0 Å². The largest absolute Gasteiger partial charge is 0.336 e. The maximum Gasteiger partial charge on any atom is 0.254 e. The first-order valence-corrected chi connectivity index (χ1v) is 9.18. The zero-order chi connectivity index (χ0) is 17.9. The fourth-order valence-electron chi connectivity index (χ4n) is 3.41. The van der Waals surface area contributed by atoms with E-state index in [-0.39, 0.29) is 5.91 Å². The number of benzene rings is 2. The number of hydrogen-bond donors (Lipinski definition) is 0. The predicted octanol–water partition coefficient (Wildman–Crippen LogP) is 3.85. The quantitative estimate of drug-likeness (QED) is 0.707. The number of piperazine rings is 1. The molecule has 1 aliphatic heterocycles. The Morgan fingerprint density at radius 3 is 2.46 bits per heavy atom. The van der Waals surface area contributed by atoms with Crippen LogP contribution in [0.4, 0.5) is 0 Å². The third-order valence-corrected chi connectivity index (χ3v) is 5.11. The molecule has 1 fully saturated rings. The molecule has 1 aliphatic rings. The van der Waals surface area contributed by atoms with Gasteiger partial charge in [0.1, 0.15) is 0 Å². The first-order valence-electron chi connectivity index (χ1n) is 8.80. The van der Waals surface area contributed by atoms with Crippen molar-refractivity contribution in [3.63, 3.8) is 0 Å². The van der Waals surface area contributed by atoms with Gasteiger partial charge < -0.3 is 4.90 Å². The normalized spacial score (nSPS) is 15.3. The van der Waals surface area contributed by atoms with Crippen molar-refractivity contribution >= 4 is 28.4 Å². The average Bonchev–Trinajstić information content (AvgIpc) is 2.69. The van der Waals surface area contributed by atoms with Gasteiger partial charge in [-0.15, -0.1) is 0 Å². The third-order valence-electron chi connectivity index (χ3n) is 4.86. The van der Waals surface area contributed by atoms with Crippen LogP contribution in [0.5, 0.6) is 0 Å². The molecule has 0 aliphatic carbocycles. The summed E-state index contributed by atoms with van der Waals surface area (Å²) in [4.78, 5) is 21.6. The third kappa shape index (κ3) is 3.57. The van der Waals surface area contributed by atoms with Crippen LogP contribution >= 0.6 is 11.6 Å². The van der Waals surface area contributed by atoms with E-state index in [9.17, 15) is 4.79 Å². The SMILES string of the molecule is O=C(c1ccnc2ccccc12)N1CCN(Cc2ccc(Cl)cc2)CC1. The Balaban J connectivity index is 1.42. The smallest absolute Gasteiger partial charge is 0.254 e. The van der Waals surface area contributed by atoms with E-state index >= 15 is 0 Å². The Kier molecular flexibility index (Phi) is 4.87. The molecule has 1 aromatic heterocycles. The van der Waals surface area contributed by atoms with E-state index in [2.05, 4.69) is 22.0 Å². The summed E-state index contributed by atoms with van der Waals surface area (Å²) in [6.45, 7) is 4.11. The van der Waals surface area contributed by atoms with Crippen molar-refractivity contribution in [2.24, 2.45) is 0 Å². The molecule has 132 valence electrons. The van der Waals surface area contributed by atoms with Crippen LogP contribution in [-0.4, -0.2) is 46.9 Å². The van der Waals surface area contributed by atoms with Gasteiger partial charge in [-0.05, 0) is 29.8 Å². The van der Waals surface area contributed by atoms with E-state index in [0.717, 1.165) is 54.2 Å². The zero-order valence-corrected chi connectivity index (χ0v) is 15.2. The number of amides is 1. The molecule has 2 aromatic carbocycles. The van der Waals surface area contributed by atoms with E-state index in [0.29, 0.717) is 0 Å². The molecular weight excluding hydrogens is 346 g/mol. The number of carbonyl (C=O) groups excluding carboxylic acids is 1. The fraction of sp³-hybridized carbons (Fsp3) is 0.238. The van der Waals surface area contributed by atoms with Gasteiger partial charge in [-0.1, -0.05) is 41.9 Å². The average molecular weight is 366 g/mol. The molecule has 3 aromatic rings. The second kappa shape index (κ2) is 7.44. The van der Waals surface area contributed by atoms with E-state index in [4.69, 9.17) is 11.6 Å². The summed E-state index contributed by atoms with van der Waals surface area (Å²) in [6.07, 6.45) is 1.71. The number of halogens is 1. The minimum absolute atomic E-state index is 0.0924. The molecule has 0 unspecified atom stereocenters. The van der Waals surface area contributed by atoms with Crippen molar-refractivity contribution in [3.05, 3.63) is 76.9 Å². The van der Waals surface area contributed by atoms with Gasteiger partial charge in [0.25, 0.3) is 5.91 Å². The Hall–Kier alpha value is -2.43. The molecule has 5 heteroatoms. The standard InChI is InChI=1S/C21H20ClN3O/c22-17-7-5-16(6-8-17)15-24-11-13-25(14-12-24)21(26)19-9-10-23-20-4-2-1-3-18(19)20/h1-10H,11-15H2. The van der Waals surface area contributed by atoms with Gasteiger partial charge in [0.15, 0.2) is 0 Å². The van der Waals surface area contributed by atoms with Crippen LogP contribution in [-0.2, 0) is 6.54 Å². The van der Waals surface area contributed by atoms with E-state index in [1.807, 2.05) is 47.4 Å². The Morgan fingerprint density at radius 1 is 0.962 bits per heavy atom. The number of fused-ring (bicyclic) bond motifs is 1. The maximum atomic E-state index is 13.0. The van der Waals surface area contributed by atoms with Crippen molar-refractivity contribution in [1.82, 2.24) is 14.8 Å². The molecule has 2 heterocycles. The zero-order valence-electron chi connectivity index (χ0n) is 14.4. The van der Waals surface area contributed by atoms with Gasteiger partial charge in [-0.2, -0.15) is 0 Å². The minimum atomic E-state index is 0.0924. The highest BCUT2D eigenvalue weighted by atomic mass is 35.5. The van der Waals surface area contributed by atoms with Crippen LogP contribution in [0.2, 0.25) is 5.02 Å². The molecule has 26 heavy (non-hydrogen) atoms. The van der Waals surface area contributed by atoms with Crippen LogP contribution in [0.1, 0.15) is 15.9 Å². The number of rotatable bonds is 3. The van der Waals surface area contributed by atoms with Crippen molar-refractivity contribution < 1.29 is 4.79 Å². The van der Waals surface area contributed by atoms with Gasteiger partial charge in [0.2, 0.25) is 0 Å². The summed E-state index contributed by atoms with van der Waals surface area (Å²) in [5.74, 6) is 0.0924. The Morgan fingerprint density at radius 2 is 1.69 bits per heavy atom. The number of hydrogen-bond acceptors (Lipinski definition) is 3. The van der Waals surface area contributed by atoms with Gasteiger partial charge in [-0.3, -0.25) is 14.7 Å². The van der Waals surface area contributed by atoms with E-state index in [1.165, 1.54) is 5.56 Å². The number of pyridine rings is 1. The van der Waals surface area contributed by atoms with E-state index in [1.54, 1.807) is 6.20 Å². The highest BCUT2D eigenvalue weighted by molar-refractivity contribution is 6.30. The number of aromatic nitrogens is 1. The molecule has 1 saturated heterocycles. The second-order valence-electron chi connectivity index (χ2n) is 6.57. The predicted molar refractivity (Wildman–Crippen MR) is 104 cm³/mol. The van der Waals surface area contributed by atoms with Crippen molar-refractivity contribution in [2.75, 3.05) is 26.2 Å². The van der Waals surface area contributed by atoms with Crippen molar-refractivity contribution in [2.45, 2.75) is 6.54 Å². The lowest BCUT2D eigenvalue weighted by atomic mass is 10.1. The number of carbonyl (C=O) groups is 1. The molecule has 0 N–H and O–H groups in total. The van der Waals surface area contributed by atoms with Crippen molar-refractivity contribution in [1.29, 1.82) is 0 Å². The summed E-state index contributed by atoms with van der Waals surface area (Å²) >= 11 is 5.95. The van der Waals surface area contributed by atoms with Gasteiger partial charge in [-0.25, -0.2) is 0 Å². The van der Waals surface area contributed by atoms with Crippen LogP contribution < -0.4 is 0 Å². The molecular formula is C21H20ClN3O. The maximum absolute atomic E-state index is 13.0. The topological polar surface area (TPSA) is 36.4 Å². The summed E-state index contributed by atoms with van der Waals surface area (Å²) in [6, 6.07) is 17.6. The van der Waals surface area contributed by atoms with Crippen molar-refractivity contribution in [3.8, 4) is 0 Å². The second-order valence-corrected chi connectivity index (χ2v) is 7.01. The Labute approximate surface area is 158 Å². The van der Waals surface area contributed by atoms with Crippen LogP contribution in [0.15, 0.2) is 60.8 Å². The monoisotopic (exact) mass is 365 g/mol. The first-order chi connectivity index (χ1) is 12.7.